The SMILES string of the molecule is CC1CC=C(C2CC3CCC(C2)N3C(=O)C(N)=NC=N)c2cc[nH]c2-n2ncc(-c3ccc(C(C)(C)O)nc3)c21. The van der Waals surface area contributed by atoms with Gasteiger partial charge in [-0.1, -0.05) is 19.1 Å². The van der Waals surface area contributed by atoms with Crippen LogP contribution in [0.3, 0.4) is 0 Å². The van der Waals surface area contributed by atoms with Crippen molar-refractivity contribution < 1.29 is 9.90 Å². The fraction of sp³-hybridized carbons (Fsp3) is 0.433. The largest absolute Gasteiger partial charge is 0.384 e. The molecule has 3 aliphatic rings. The molecule has 0 aliphatic carbocycles. The normalized spacial score (nSPS) is 24.6. The van der Waals surface area contributed by atoms with Crippen LogP contribution < -0.4 is 5.73 Å². The molecule has 2 fully saturated rings. The van der Waals surface area contributed by atoms with Crippen LogP contribution in [0.4, 0.5) is 0 Å². The van der Waals surface area contributed by atoms with E-state index in [1.54, 1.807) is 13.8 Å². The molecule has 2 bridgehead atoms. The number of rotatable bonds is 4. The van der Waals surface area contributed by atoms with E-state index in [0.717, 1.165) is 66.6 Å². The van der Waals surface area contributed by atoms with Crippen LogP contribution in [0, 0.1) is 11.3 Å². The molecule has 6 heterocycles. The number of allylic oxidation sites excluding steroid dienone is 2. The van der Waals surface area contributed by atoms with E-state index >= 15 is 0 Å². The number of hydrogen-bond acceptors (Lipinski definition) is 5. The summed E-state index contributed by atoms with van der Waals surface area (Å²) in [6.45, 7) is 5.70. The number of fused-ring (bicyclic) bond motifs is 5. The van der Waals surface area contributed by atoms with E-state index in [1.807, 2.05) is 40.3 Å². The van der Waals surface area contributed by atoms with E-state index in [9.17, 15) is 9.90 Å². The Morgan fingerprint density at radius 3 is 2.60 bits per heavy atom. The third-order valence-electron chi connectivity index (χ3n) is 8.74. The van der Waals surface area contributed by atoms with Gasteiger partial charge in [0.2, 0.25) is 0 Å². The van der Waals surface area contributed by atoms with Gasteiger partial charge in [0, 0.05) is 47.1 Å². The zero-order chi connectivity index (χ0) is 28.2. The number of pyridine rings is 1. The Labute approximate surface area is 233 Å². The number of aromatic amines is 1. The molecule has 0 spiro atoms. The van der Waals surface area contributed by atoms with Crippen LogP contribution in [0.5, 0.6) is 0 Å². The number of amidine groups is 1. The predicted octanol–water partition coefficient (Wildman–Crippen LogP) is 4.11. The lowest BCUT2D eigenvalue weighted by Gasteiger charge is -2.40. The molecule has 3 aliphatic heterocycles. The molecule has 3 aromatic heterocycles. The van der Waals surface area contributed by atoms with Gasteiger partial charge in [-0.05, 0) is 69.6 Å². The molecular weight excluding hydrogens is 504 g/mol. The molecule has 1 amide bonds. The first-order valence-electron chi connectivity index (χ1n) is 14.0. The highest BCUT2D eigenvalue weighted by atomic mass is 16.3. The lowest BCUT2D eigenvalue weighted by molar-refractivity contribution is -0.128. The summed E-state index contributed by atoms with van der Waals surface area (Å²) < 4.78 is 2.04. The summed E-state index contributed by atoms with van der Waals surface area (Å²) in [4.78, 5) is 26.6. The highest BCUT2D eigenvalue weighted by molar-refractivity contribution is 6.38. The number of piperidine rings is 1. The Balaban J connectivity index is 1.32. The molecule has 3 atom stereocenters. The van der Waals surface area contributed by atoms with E-state index in [4.69, 9.17) is 16.2 Å². The van der Waals surface area contributed by atoms with Crippen LogP contribution in [-0.2, 0) is 10.4 Å². The lowest BCUT2D eigenvalue weighted by Crippen LogP contribution is -2.51. The number of carbonyl (C=O) groups is 1. The summed E-state index contributed by atoms with van der Waals surface area (Å²) >= 11 is 0. The minimum atomic E-state index is -0.996. The number of nitrogens with zero attached hydrogens (tertiary/aromatic N) is 5. The van der Waals surface area contributed by atoms with Crippen LogP contribution >= 0.6 is 0 Å². The number of aliphatic hydroxyl groups is 1. The summed E-state index contributed by atoms with van der Waals surface area (Å²) in [5.74, 6) is 1.11. The van der Waals surface area contributed by atoms with Gasteiger partial charge in [-0.2, -0.15) is 5.10 Å². The Morgan fingerprint density at radius 1 is 1.20 bits per heavy atom. The first-order valence-corrected chi connectivity index (χ1v) is 14.0. The minimum absolute atomic E-state index is 0.107. The van der Waals surface area contributed by atoms with Crippen molar-refractivity contribution >= 4 is 23.7 Å². The molecule has 0 aromatic carbocycles. The van der Waals surface area contributed by atoms with Crippen LogP contribution in [-0.4, -0.2) is 59.9 Å². The second kappa shape index (κ2) is 9.85. The van der Waals surface area contributed by atoms with Gasteiger partial charge in [-0.15, -0.1) is 0 Å². The average molecular weight is 541 g/mol. The van der Waals surface area contributed by atoms with E-state index in [2.05, 4.69) is 34.0 Å². The molecule has 2 saturated heterocycles. The maximum Gasteiger partial charge on any atom is 0.289 e. The molecular formula is C30H36N8O2. The lowest BCUT2D eigenvalue weighted by atomic mass is 9.80. The van der Waals surface area contributed by atoms with Crippen molar-refractivity contribution in [1.29, 1.82) is 5.41 Å². The van der Waals surface area contributed by atoms with Crippen LogP contribution in [0.15, 0.2) is 47.9 Å². The number of aromatic nitrogens is 4. The predicted molar refractivity (Wildman–Crippen MR) is 154 cm³/mol. The molecule has 3 aromatic rings. The van der Waals surface area contributed by atoms with Crippen molar-refractivity contribution in [3.63, 3.8) is 0 Å². The molecule has 10 nitrogen and oxygen atoms in total. The molecule has 40 heavy (non-hydrogen) atoms. The number of nitrogens with two attached hydrogens (primary N) is 1. The average Bonchev–Trinajstić information content (AvgIpc) is 3.63. The maximum absolute atomic E-state index is 13.0. The number of aliphatic imine (C=N–C) groups is 1. The van der Waals surface area contributed by atoms with Gasteiger partial charge in [0.25, 0.3) is 5.91 Å². The van der Waals surface area contributed by atoms with Crippen molar-refractivity contribution in [3.05, 3.63) is 59.8 Å². The number of nitrogens with one attached hydrogen (secondary N) is 2. The van der Waals surface area contributed by atoms with Crippen LogP contribution in [0.1, 0.15) is 75.7 Å². The highest BCUT2D eigenvalue weighted by Gasteiger charge is 2.45. The first kappa shape index (κ1) is 26.2. The minimum Gasteiger partial charge on any atom is -0.384 e. The zero-order valence-electron chi connectivity index (χ0n) is 23.1. The number of carbonyl (C=O) groups excluding carboxylic acids is 1. The highest BCUT2D eigenvalue weighted by Crippen LogP contribution is 2.46. The summed E-state index contributed by atoms with van der Waals surface area (Å²) in [5, 5.41) is 22.3. The van der Waals surface area contributed by atoms with Crippen molar-refractivity contribution in [2.45, 2.75) is 76.5 Å². The number of H-pyrrole nitrogens is 1. The summed E-state index contributed by atoms with van der Waals surface area (Å²) in [7, 11) is 0. The van der Waals surface area contributed by atoms with Crippen LogP contribution in [0.25, 0.3) is 22.5 Å². The smallest absolute Gasteiger partial charge is 0.289 e. The molecule has 10 heteroatoms. The Hall–Kier alpha value is -4.05. The number of hydrogen-bond donors (Lipinski definition) is 4. The Kier molecular flexibility index (Phi) is 6.45. The molecule has 0 radical (unpaired) electrons. The standard InChI is InChI=1S/C30H36N8O2/c1-17-4-8-22(19-12-20-6-7-21(13-19)37(20)29(39)27(32)35-16-31)23-10-11-33-28(23)38-26(17)24(15-36-38)18-5-9-25(34-14-18)30(2,3)40/h5,8-11,14-17,19-21,33,40H,4,6-7,12-13H2,1-3H3,(H3,31,32,35). The van der Waals surface area contributed by atoms with Crippen LogP contribution in [0.2, 0.25) is 0 Å². The van der Waals surface area contributed by atoms with Gasteiger partial charge in [-0.3, -0.25) is 15.2 Å². The molecule has 5 N–H and O–H groups in total. The van der Waals surface area contributed by atoms with Crippen molar-refractivity contribution in [3.8, 4) is 16.9 Å². The van der Waals surface area contributed by atoms with E-state index in [0.29, 0.717) is 11.6 Å². The van der Waals surface area contributed by atoms with Gasteiger partial charge in [0.05, 0.1) is 17.6 Å². The van der Waals surface area contributed by atoms with Gasteiger partial charge >= 0.3 is 0 Å². The summed E-state index contributed by atoms with van der Waals surface area (Å²) in [6, 6.07) is 6.25. The Bertz CT molecular complexity index is 1490. The van der Waals surface area contributed by atoms with Crippen molar-refractivity contribution in [2.24, 2.45) is 16.6 Å². The third-order valence-corrected chi connectivity index (χ3v) is 8.74. The molecule has 208 valence electrons. The summed E-state index contributed by atoms with van der Waals surface area (Å²) in [5.41, 5.74) is 11.1. The van der Waals surface area contributed by atoms with E-state index < -0.39 is 5.60 Å². The van der Waals surface area contributed by atoms with Gasteiger partial charge in [0.1, 0.15) is 17.8 Å². The topological polar surface area (TPSA) is 149 Å². The fourth-order valence-corrected chi connectivity index (χ4v) is 6.85. The molecule has 6 rings (SSSR count). The van der Waals surface area contributed by atoms with Gasteiger partial charge < -0.3 is 20.7 Å². The van der Waals surface area contributed by atoms with Gasteiger partial charge in [0.15, 0.2) is 5.84 Å². The first-order chi connectivity index (χ1) is 19.2. The Morgan fingerprint density at radius 2 is 1.95 bits per heavy atom. The fourth-order valence-electron chi connectivity index (χ4n) is 6.85. The third kappa shape index (κ3) is 4.36. The second-order valence-corrected chi connectivity index (χ2v) is 11.8. The van der Waals surface area contributed by atoms with E-state index in [1.165, 1.54) is 5.57 Å². The summed E-state index contributed by atoms with van der Waals surface area (Å²) in [6.07, 6.45) is 13.4. The maximum atomic E-state index is 13.0. The van der Waals surface area contributed by atoms with Crippen molar-refractivity contribution in [1.82, 2.24) is 24.6 Å². The zero-order valence-corrected chi connectivity index (χ0v) is 23.1. The van der Waals surface area contributed by atoms with Gasteiger partial charge in [-0.25, -0.2) is 9.67 Å². The quantitative estimate of drug-likeness (QED) is 0.290. The van der Waals surface area contributed by atoms with Crippen molar-refractivity contribution in [2.75, 3.05) is 0 Å². The monoisotopic (exact) mass is 540 g/mol. The second-order valence-electron chi connectivity index (χ2n) is 11.8. The number of amides is 1. The van der Waals surface area contributed by atoms with E-state index in [-0.39, 0.29) is 29.7 Å². The molecule has 0 saturated carbocycles. The molecule has 3 unspecified atom stereocenters.